The minimum Gasteiger partial charge on any atom is -0.398 e. The lowest BCUT2D eigenvalue weighted by atomic mass is 10.2. The summed E-state index contributed by atoms with van der Waals surface area (Å²) in [7, 11) is 0. The van der Waals surface area contributed by atoms with Crippen molar-refractivity contribution in [1.29, 1.82) is 0 Å². The maximum atomic E-state index is 6.08. The average molecular weight is 365 g/mol. The van der Waals surface area contributed by atoms with Crippen LogP contribution in [-0.2, 0) is 6.54 Å². The standard InChI is InChI=1S/C16H15BrClN3/c1-2-7-21-15-6-4-11(18)9-14(15)20-16(21)10-3-5-13(19)12(17)8-10/h3-6,8-9H,2,7,19H2,1H3. The predicted octanol–water partition coefficient (Wildman–Crippen LogP) is 5.11. The lowest BCUT2D eigenvalue weighted by molar-refractivity contribution is 0.704. The number of imidazole rings is 1. The summed E-state index contributed by atoms with van der Waals surface area (Å²) in [5, 5.41) is 0.702. The van der Waals surface area contributed by atoms with Gasteiger partial charge in [-0.05, 0) is 58.7 Å². The van der Waals surface area contributed by atoms with Gasteiger partial charge in [0.15, 0.2) is 0 Å². The molecule has 21 heavy (non-hydrogen) atoms. The van der Waals surface area contributed by atoms with Gasteiger partial charge in [-0.2, -0.15) is 0 Å². The van der Waals surface area contributed by atoms with E-state index in [-0.39, 0.29) is 0 Å². The van der Waals surface area contributed by atoms with Gasteiger partial charge in [0.2, 0.25) is 0 Å². The first kappa shape index (κ1) is 14.4. The summed E-state index contributed by atoms with van der Waals surface area (Å²) in [6.45, 7) is 3.07. The van der Waals surface area contributed by atoms with Crippen LogP contribution in [-0.4, -0.2) is 9.55 Å². The molecule has 0 aliphatic rings. The number of hydrogen-bond acceptors (Lipinski definition) is 2. The topological polar surface area (TPSA) is 43.8 Å². The third kappa shape index (κ3) is 2.65. The number of benzene rings is 2. The number of fused-ring (bicyclic) bond motifs is 1. The van der Waals surface area contributed by atoms with Gasteiger partial charge in [-0.1, -0.05) is 18.5 Å². The second-order valence-corrected chi connectivity index (χ2v) is 6.25. The van der Waals surface area contributed by atoms with Crippen molar-refractivity contribution < 1.29 is 0 Å². The van der Waals surface area contributed by atoms with Crippen LogP contribution >= 0.6 is 27.5 Å². The Morgan fingerprint density at radius 3 is 2.76 bits per heavy atom. The van der Waals surface area contributed by atoms with E-state index in [0.29, 0.717) is 5.02 Å². The fourth-order valence-corrected chi connectivity index (χ4v) is 2.98. The molecule has 0 bridgehead atoms. The Balaban J connectivity index is 2.24. The van der Waals surface area contributed by atoms with Crippen LogP contribution in [0.1, 0.15) is 13.3 Å². The van der Waals surface area contributed by atoms with E-state index in [1.165, 1.54) is 0 Å². The molecule has 108 valence electrons. The van der Waals surface area contributed by atoms with Crippen LogP contribution in [0.3, 0.4) is 0 Å². The van der Waals surface area contributed by atoms with E-state index >= 15 is 0 Å². The number of aryl methyl sites for hydroxylation is 1. The number of nitrogens with two attached hydrogens (primary N) is 1. The Bertz CT molecular complexity index is 811. The van der Waals surface area contributed by atoms with Crippen LogP contribution in [0.15, 0.2) is 40.9 Å². The van der Waals surface area contributed by atoms with Gasteiger partial charge >= 0.3 is 0 Å². The normalized spacial score (nSPS) is 11.2. The van der Waals surface area contributed by atoms with Gasteiger partial charge < -0.3 is 10.3 Å². The van der Waals surface area contributed by atoms with Crippen molar-refractivity contribution >= 4 is 44.3 Å². The number of nitrogen functional groups attached to an aromatic ring is 1. The van der Waals surface area contributed by atoms with Crippen LogP contribution < -0.4 is 5.73 Å². The molecular formula is C16H15BrClN3. The molecule has 0 saturated carbocycles. The highest BCUT2D eigenvalue weighted by molar-refractivity contribution is 9.10. The molecule has 2 N–H and O–H groups in total. The zero-order valence-corrected chi connectivity index (χ0v) is 13.9. The van der Waals surface area contributed by atoms with Gasteiger partial charge in [-0.3, -0.25) is 0 Å². The van der Waals surface area contributed by atoms with Crippen molar-refractivity contribution in [2.75, 3.05) is 5.73 Å². The van der Waals surface area contributed by atoms with E-state index in [4.69, 9.17) is 22.3 Å². The van der Waals surface area contributed by atoms with E-state index in [2.05, 4.69) is 27.4 Å². The Kier molecular flexibility index (Phi) is 3.91. The molecule has 0 aliphatic heterocycles. The predicted molar refractivity (Wildman–Crippen MR) is 92.6 cm³/mol. The van der Waals surface area contributed by atoms with Gasteiger partial charge in [0.05, 0.1) is 11.0 Å². The van der Waals surface area contributed by atoms with E-state index in [1.807, 2.05) is 36.4 Å². The van der Waals surface area contributed by atoms with Crippen LogP contribution in [0, 0.1) is 0 Å². The SMILES string of the molecule is CCCn1c(-c2ccc(N)c(Br)c2)nc2cc(Cl)ccc21. The van der Waals surface area contributed by atoms with Crippen molar-refractivity contribution in [3.63, 3.8) is 0 Å². The largest absolute Gasteiger partial charge is 0.398 e. The summed E-state index contributed by atoms with van der Waals surface area (Å²) in [6.07, 6.45) is 1.04. The number of aromatic nitrogens is 2. The molecule has 5 heteroatoms. The van der Waals surface area contributed by atoms with Crippen molar-refractivity contribution in [3.05, 3.63) is 45.9 Å². The Hall–Kier alpha value is -1.52. The lowest BCUT2D eigenvalue weighted by Gasteiger charge is -2.09. The molecule has 3 rings (SSSR count). The summed E-state index contributed by atoms with van der Waals surface area (Å²) in [6, 6.07) is 11.7. The first-order valence-electron chi connectivity index (χ1n) is 6.81. The van der Waals surface area contributed by atoms with Gasteiger partial charge in [0.1, 0.15) is 5.82 Å². The minimum atomic E-state index is 0.702. The van der Waals surface area contributed by atoms with Crippen LogP contribution in [0.2, 0.25) is 5.02 Å². The molecule has 3 nitrogen and oxygen atoms in total. The smallest absolute Gasteiger partial charge is 0.141 e. The third-order valence-corrected chi connectivity index (χ3v) is 4.34. The first-order chi connectivity index (χ1) is 10.1. The monoisotopic (exact) mass is 363 g/mol. The molecule has 0 spiro atoms. The molecule has 0 amide bonds. The highest BCUT2D eigenvalue weighted by atomic mass is 79.9. The van der Waals surface area contributed by atoms with E-state index in [0.717, 1.165) is 45.5 Å². The number of anilines is 1. The van der Waals surface area contributed by atoms with Crippen molar-refractivity contribution in [1.82, 2.24) is 9.55 Å². The van der Waals surface area contributed by atoms with Gasteiger partial charge in [-0.25, -0.2) is 4.98 Å². The molecule has 0 saturated heterocycles. The molecular weight excluding hydrogens is 350 g/mol. The highest BCUT2D eigenvalue weighted by Crippen LogP contribution is 2.30. The molecule has 0 fully saturated rings. The Morgan fingerprint density at radius 2 is 2.05 bits per heavy atom. The number of halogens is 2. The average Bonchev–Trinajstić information content (AvgIpc) is 2.80. The zero-order chi connectivity index (χ0) is 15.0. The van der Waals surface area contributed by atoms with Gasteiger partial charge in [0, 0.05) is 27.3 Å². The van der Waals surface area contributed by atoms with E-state index in [1.54, 1.807) is 0 Å². The summed E-state index contributed by atoms with van der Waals surface area (Å²) >= 11 is 9.56. The second-order valence-electron chi connectivity index (χ2n) is 4.96. The van der Waals surface area contributed by atoms with Gasteiger partial charge in [0.25, 0.3) is 0 Å². The maximum absolute atomic E-state index is 6.08. The Labute approximate surface area is 136 Å². The quantitative estimate of drug-likeness (QED) is 0.656. The molecule has 3 aromatic rings. The first-order valence-corrected chi connectivity index (χ1v) is 7.98. The molecule has 0 aliphatic carbocycles. The summed E-state index contributed by atoms with van der Waals surface area (Å²) in [5.41, 5.74) is 9.64. The molecule has 2 aromatic carbocycles. The number of nitrogens with zero attached hydrogens (tertiary/aromatic N) is 2. The minimum absolute atomic E-state index is 0.702. The Morgan fingerprint density at radius 1 is 1.24 bits per heavy atom. The summed E-state index contributed by atoms with van der Waals surface area (Å²) in [5.74, 6) is 0.940. The third-order valence-electron chi connectivity index (χ3n) is 3.42. The zero-order valence-electron chi connectivity index (χ0n) is 11.6. The fraction of sp³-hybridized carbons (Fsp3) is 0.188. The summed E-state index contributed by atoms with van der Waals surface area (Å²) < 4.78 is 3.11. The molecule has 1 aromatic heterocycles. The van der Waals surface area contributed by atoms with Crippen LogP contribution in [0.4, 0.5) is 5.69 Å². The lowest BCUT2D eigenvalue weighted by Crippen LogP contribution is -2.00. The van der Waals surface area contributed by atoms with E-state index < -0.39 is 0 Å². The van der Waals surface area contributed by atoms with E-state index in [9.17, 15) is 0 Å². The molecule has 0 radical (unpaired) electrons. The van der Waals surface area contributed by atoms with Crippen molar-refractivity contribution in [2.45, 2.75) is 19.9 Å². The fourth-order valence-electron chi connectivity index (χ4n) is 2.44. The number of rotatable bonds is 3. The highest BCUT2D eigenvalue weighted by Gasteiger charge is 2.13. The maximum Gasteiger partial charge on any atom is 0.141 e. The number of hydrogen-bond donors (Lipinski definition) is 1. The van der Waals surface area contributed by atoms with Crippen LogP contribution in [0.5, 0.6) is 0 Å². The molecule has 0 unspecified atom stereocenters. The van der Waals surface area contributed by atoms with Crippen molar-refractivity contribution in [2.24, 2.45) is 0 Å². The van der Waals surface area contributed by atoms with Crippen LogP contribution in [0.25, 0.3) is 22.4 Å². The molecule has 1 heterocycles. The van der Waals surface area contributed by atoms with Gasteiger partial charge in [-0.15, -0.1) is 0 Å². The second kappa shape index (κ2) is 5.70. The molecule has 0 atom stereocenters. The van der Waals surface area contributed by atoms with Crippen molar-refractivity contribution in [3.8, 4) is 11.4 Å². The summed E-state index contributed by atoms with van der Waals surface area (Å²) in [4.78, 5) is 4.75.